The van der Waals surface area contributed by atoms with Gasteiger partial charge in [0.05, 0.1) is 0 Å². The first-order chi connectivity index (χ1) is 14.0. The number of nitrogens with one attached hydrogen (secondary N) is 2. The highest BCUT2D eigenvalue weighted by atomic mass is 32.2. The zero-order chi connectivity index (χ0) is 20.6. The van der Waals surface area contributed by atoms with E-state index in [4.69, 9.17) is 0 Å². The molecule has 3 rings (SSSR count). The van der Waals surface area contributed by atoms with Gasteiger partial charge in [-0.2, -0.15) is 11.8 Å². The van der Waals surface area contributed by atoms with Crippen molar-refractivity contribution in [1.29, 1.82) is 0 Å². The largest absolute Gasteiger partial charge is 0.374 e. The summed E-state index contributed by atoms with van der Waals surface area (Å²) >= 11 is 2.05. The van der Waals surface area contributed by atoms with Crippen molar-refractivity contribution in [2.24, 2.45) is 0 Å². The van der Waals surface area contributed by atoms with E-state index in [9.17, 15) is 4.79 Å². The molecule has 0 radical (unpaired) electrons. The number of para-hydroxylation sites is 1. The van der Waals surface area contributed by atoms with Crippen LogP contribution in [0, 0.1) is 0 Å². The molecule has 1 heterocycles. The predicted molar refractivity (Wildman–Crippen MR) is 126 cm³/mol. The standard InChI is InChI=1S/C24H33N3OS/c1-18(2)22-6-4-5-7-23(22)26-24(28)19(3)25-21-10-8-20(9-11-21)12-13-27-14-16-29-17-15-27/h4-11,18-19,25H,12-17H2,1-3H3,(H,26,28). The summed E-state index contributed by atoms with van der Waals surface area (Å²) in [6.45, 7) is 9.71. The third-order valence-electron chi connectivity index (χ3n) is 5.39. The van der Waals surface area contributed by atoms with Crippen LogP contribution in [-0.2, 0) is 11.2 Å². The van der Waals surface area contributed by atoms with E-state index >= 15 is 0 Å². The molecular weight excluding hydrogens is 378 g/mol. The Kier molecular flexibility index (Phi) is 8.01. The van der Waals surface area contributed by atoms with Crippen LogP contribution in [0.1, 0.15) is 37.8 Å². The van der Waals surface area contributed by atoms with E-state index in [1.54, 1.807) is 0 Å². The van der Waals surface area contributed by atoms with Gasteiger partial charge in [-0.3, -0.25) is 4.79 Å². The van der Waals surface area contributed by atoms with Crippen LogP contribution in [0.3, 0.4) is 0 Å². The SMILES string of the molecule is CC(Nc1ccc(CCN2CCSCC2)cc1)C(=O)Nc1ccccc1C(C)C. The second-order valence-corrected chi connectivity index (χ2v) is 9.22. The average molecular weight is 412 g/mol. The number of amides is 1. The highest BCUT2D eigenvalue weighted by Crippen LogP contribution is 2.24. The van der Waals surface area contributed by atoms with Gasteiger partial charge in [-0.25, -0.2) is 0 Å². The molecule has 0 aromatic heterocycles. The minimum absolute atomic E-state index is 0.0230. The number of hydrogen-bond donors (Lipinski definition) is 2. The van der Waals surface area contributed by atoms with Crippen molar-refractivity contribution in [3.8, 4) is 0 Å². The third kappa shape index (κ3) is 6.51. The Morgan fingerprint density at radius 1 is 1.03 bits per heavy atom. The minimum Gasteiger partial charge on any atom is -0.374 e. The Labute approximate surface area is 179 Å². The number of anilines is 2. The molecule has 4 nitrogen and oxygen atoms in total. The van der Waals surface area contributed by atoms with Crippen molar-refractivity contribution in [2.75, 3.05) is 41.8 Å². The summed E-state index contributed by atoms with van der Waals surface area (Å²) in [5.74, 6) is 2.85. The van der Waals surface area contributed by atoms with Crippen LogP contribution in [0.5, 0.6) is 0 Å². The zero-order valence-electron chi connectivity index (χ0n) is 17.8. The van der Waals surface area contributed by atoms with Gasteiger partial charge in [-0.1, -0.05) is 44.2 Å². The van der Waals surface area contributed by atoms with Crippen LogP contribution in [-0.4, -0.2) is 48.0 Å². The zero-order valence-corrected chi connectivity index (χ0v) is 18.6. The molecule has 29 heavy (non-hydrogen) atoms. The predicted octanol–water partition coefficient (Wildman–Crippen LogP) is 4.84. The number of benzene rings is 2. The van der Waals surface area contributed by atoms with E-state index in [1.165, 1.54) is 30.2 Å². The van der Waals surface area contributed by atoms with Gasteiger partial charge in [0.2, 0.25) is 5.91 Å². The summed E-state index contributed by atoms with van der Waals surface area (Å²) in [5.41, 5.74) is 4.37. The highest BCUT2D eigenvalue weighted by molar-refractivity contribution is 7.99. The number of nitrogens with zero attached hydrogens (tertiary/aromatic N) is 1. The van der Waals surface area contributed by atoms with E-state index in [-0.39, 0.29) is 11.9 Å². The number of hydrogen-bond acceptors (Lipinski definition) is 4. The van der Waals surface area contributed by atoms with Gasteiger partial charge in [0.1, 0.15) is 6.04 Å². The molecule has 2 aromatic rings. The molecule has 1 saturated heterocycles. The fourth-order valence-corrected chi connectivity index (χ4v) is 4.53. The Hall–Kier alpha value is -1.98. The van der Waals surface area contributed by atoms with Crippen LogP contribution in [0.4, 0.5) is 11.4 Å². The van der Waals surface area contributed by atoms with Crippen molar-refractivity contribution >= 4 is 29.0 Å². The van der Waals surface area contributed by atoms with Gasteiger partial charge in [0.15, 0.2) is 0 Å². The first-order valence-electron chi connectivity index (χ1n) is 10.6. The van der Waals surface area contributed by atoms with Gasteiger partial charge >= 0.3 is 0 Å². The van der Waals surface area contributed by atoms with Gasteiger partial charge < -0.3 is 15.5 Å². The summed E-state index contributed by atoms with van der Waals surface area (Å²) in [4.78, 5) is 15.2. The summed E-state index contributed by atoms with van der Waals surface area (Å²) in [7, 11) is 0. The van der Waals surface area contributed by atoms with Crippen molar-refractivity contribution in [1.82, 2.24) is 4.90 Å². The van der Waals surface area contributed by atoms with E-state index in [0.717, 1.165) is 29.9 Å². The lowest BCUT2D eigenvalue weighted by molar-refractivity contribution is -0.116. The first kappa shape index (κ1) is 21.7. The van der Waals surface area contributed by atoms with Gasteiger partial charge in [0, 0.05) is 42.5 Å². The molecule has 1 aliphatic heterocycles. The van der Waals surface area contributed by atoms with Crippen molar-refractivity contribution in [3.05, 3.63) is 59.7 Å². The topological polar surface area (TPSA) is 44.4 Å². The normalized spacial score (nSPS) is 15.9. The molecule has 0 spiro atoms. The lowest BCUT2D eigenvalue weighted by Crippen LogP contribution is -2.34. The maximum Gasteiger partial charge on any atom is 0.246 e. The highest BCUT2D eigenvalue weighted by Gasteiger charge is 2.15. The number of carbonyl (C=O) groups is 1. The second kappa shape index (κ2) is 10.7. The first-order valence-corrected chi connectivity index (χ1v) is 11.7. The molecule has 2 N–H and O–H groups in total. The molecule has 0 aliphatic carbocycles. The van der Waals surface area contributed by atoms with Crippen LogP contribution in [0.15, 0.2) is 48.5 Å². The van der Waals surface area contributed by atoms with Crippen LogP contribution in [0.25, 0.3) is 0 Å². The Bertz CT molecular complexity index is 785. The van der Waals surface area contributed by atoms with E-state index in [1.807, 2.05) is 36.9 Å². The van der Waals surface area contributed by atoms with Crippen molar-refractivity contribution < 1.29 is 4.79 Å². The smallest absolute Gasteiger partial charge is 0.246 e. The summed E-state index contributed by atoms with van der Waals surface area (Å²) in [5, 5.41) is 6.39. The van der Waals surface area contributed by atoms with Crippen molar-refractivity contribution in [3.63, 3.8) is 0 Å². The van der Waals surface area contributed by atoms with Gasteiger partial charge in [0.25, 0.3) is 0 Å². The molecule has 1 amide bonds. The van der Waals surface area contributed by atoms with Crippen LogP contribution in [0.2, 0.25) is 0 Å². The van der Waals surface area contributed by atoms with E-state index in [2.05, 4.69) is 59.7 Å². The third-order valence-corrected chi connectivity index (χ3v) is 6.33. The summed E-state index contributed by atoms with van der Waals surface area (Å²) < 4.78 is 0. The molecule has 2 aromatic carbocycles. The van der Waals surface area contributed by atoms with Crippen LogP contribution < -0.4 is 10.6 Å². The van der Waals surface area contributed by atoms with Crippen molar-refractivity contribution in [2.45, 2.75) is 39.2 Å². The monoisotopic (exact) mass is 411 g/mol. The maximum absolute atomic E-state index is 12.7. The summed E-state index contributed by atoms with van der Waals surface area (Å²) in [6.07, 6.45) is 1.08. The van der Waals surface area contributed by atoms with E-state index < -0.39 is 0 Å². The molecule has 1 aliphatic rings. The lowest BCUT2D eigenvalue weighted by atomic mass is 10.0. The Balaban J connectivity index is 1.51. The quantitative estimate of drug-likeness (QED) is 0.652. The fourth-order valence-electron chi connectivity index (χ4n) is 3.55. The van der Waals surface area contributed by atoms with Gasteiger partial charge in [-0.05, 0) is 48.6 Å². The molecule has 0 bridgehead atoms. The number of rotatable bonds is 8. The lowest BCUT2D eigenvalue weighted by Gasteiger charge is -2.26. The molecule has 5 heteroatoms. The number of carbonyl (C=O) groups excluding carboxylic acids is 1. The van der Waals surface area contributed by atoms with E-state index in [0.29, 0.717) is 5.92 Å². The van der Waals surface area contributed by atoms with Gasteiger partial charge in [-0.15, -0.1) is 0 Å². The molecule has 1 fully saturated rings. The Morgan fingerprint density at radius 3 is 2.41 bits per heavy atom. The molecule has 0 saturated carbocycles. The second-order valence-electron chi connectivity index (χ2n) is 8.00. The Morgan fingerprint density at radius 2 is 1.72 bits per heavy atom. The summed E-state index contributed by atoms with van der Waals surface area (Å²) in [6, 6.07) is 16.2. The fraction of sp³-hybridized carbons (Fsp3) is 0.458. The maximum atomic E-state index is 12.7. The average Bonchev–Trinajstić information content (AvgIpc) is 2.74. The minimum atomic E-state index is -0.313. The number of thioether (sulfide) groups is 1. The molecule has 1 atom stereocenters. The molecular formula is C24H33N3OS. The van der Waals surface area contributed by atoms with Crippen LogP contribution >= 0.6 is 11.8 Å². The molecule has 156 valence electrons. The molecule has 1 unspecified atom stereocenters.